The van der Waals surface area contributed by atoms with Crippen molar-refractivity contribution in [2.75, 3.05) is 9.80 Å². The number of nitrogens with zero attached hydrogens (tertiary/aromatic N) is 2. The maximum Gasteiger partial charge on any atom is 0.135 e. The molecule has 0 aliphatic carbocycles. The van der Waals surface area contributed by atoms with E-state index >= 15 is 0 Å². The van der Waals surface area contributed by atoms with Crippen molar-refractivity contribution in [3.05, 3.63) is 191 Å². The van der Waals surface area contributed by atoms with E-state index in [1.54, 1.807) is 0 Å². The second-order valence-corrected chi connectivity index (χ2v) is 19.8. The number of para-hydroxylation sites is 1. The quantitative estimate of drug-likeness (QED) is 0.152. The zero-order valence-electron chi connectivity index (χ0n) is 37.3. The van der Waals surface area contributed by atoms with Crippen molar-refractivity contribution >= 4 is 56.7 Å². The highest BCUT2D eigenvalue weighted by Crippen LogP contribution is 2.50. The molecule has 0 spiro atoms. The number of furan rings is 1. The molecule has 1 heterocycles. The minimum atomic E-state index is -0.0617. The summed E-state index contributed by atoms with van der Waals surface area (Å²) in [7, 11) is 0. The smallest absolute Gasteiger partial charge is 0.135 e. The number of benzene rings is 7. The van der Waals surface area contributed by atoms with Crippen molar-refractivity contribution < 1.29 is 4.42 Å². The molecule has 0 amide bonds. The van der Waals surface area contributed by atoms with E-state index in [0.29, 0.717) is 5.02 Å². The topological polar surface area (TPSA) is 19.6 Å². The van der Waals surface area contributed by atoms with Gasteiger partial charge in [0, 0.05) is 33.6 Å². The third-order valence-electron chi connectivity index (χ3n) is 11.6. The van der Waals surface area contributed by atoms with Gasteiger partial charge < -0.3 is 14.2 Å². The first-order valence-electron chi connectivity index (χ1n) is 21.4. The van der Waals surface area contributed by atoms with Gasteiger partial charge >= 0.3 is 0 Å². The number of fused-ring (bicyclic) bond motifs is 1. The Bertz CT molecular complexity index is 2720. The summed E-state index contributed by atoms with van der Waals surface area (Å²) in [6.07, 6.45) is 0. The number of aryl methyl sites for hydroxylation is 1. The third-order valence-corrected chi connectivity index (χ3v) is 12.0. The van der Waals surface area contributed by atoms with Crippen LogP contribution in [0.15, 0.2) is 168 Å². The molecule has 0 unspecified atom stereocenters. The molecule has 8 rings (SSSR count). The summed E-state index contributed by atoms with van der Waals surface area (Å²) in [4.78, 5) is 4.64. The van der Waals surface area contributed by atoms with Gasteiger partial charge in [-0.2, -0.15) is 0 Å². The summed E-state index contributed by atoms with van der Waals surface area (Å²) >= 11 is 7.99. The summed E-state index contributed by atoms with van der Waals surface area (Å²) in [6, 6.07) is 58.8. The van der Waals surface area contributed by atoms with Crippen LogP contribution in [0.5, 0.6) is 0 Å². The molecule has 1 aromatic heterocycles. The first-order valence-corrected chi connectivity index (χ1v) is 21.7. The molecule has 308 valence electrons. The maximum absolute atomic E-state index is 7.99. The largest absolute Gasteiger partial charge is 0.456 e. The summed E-state index contributed by atoms with van der Waals surface area (Å²) < 4.78 is 6.45. The van der Waals surface area contributed by atoms with Gasteiger partial charge in [-0.25, -0.2) is 0 Å². The van der Waals surface area contributed by atoms with Crippen LogP contribution >= 0.6 is 11.6 Å². The fourth-order valence-corrected chi connectivity index (χ4v) is 8.36. The highest BCUT2D eigenvalue weighted by Gasteiger charge is 2.27. The van der Waals surface area contributed by atoms with E-state index in [9.17, 15) is 0 Å². The van der Waals surface area contributed by atoms with Crippen molar-refractivity contribution in [2.24, 2.45) is 0 Å². The monoisotopic (exact) mass is 820 g/mol. The molecule has 0 bridgehead atoms. The van der Waals surface area contributed by atoms with Gasteiger partial charge in [-0.05, 0) is 124 Å². The summed E-state index contributed by atoms with van der Waals surface area (Å²) in [5, 5.41) is 1.71. The van der Waals surface area contributed by atoms with E-state index < -0.39 is 0 Å². The van der Waals surface area contributed by atoms with E-state index in [4.69, 9.17) is 16.0 Å². The van der Waals surface area contributed by atoms with Gasteiger partial charge in [-0.1, -0.05) is 165 Å². The standard InChI is InChI=1S/C57H57ClN2O/c1-38-33-50(59(45-28-23-42(24-29-45)55(2,3)4)46-30-25-43(26-31-46)56(5,6)7)54(58)51(34-38)60(47-21-16-20-40(35-47)53-36-41-19-14-15-22-52(41)61-53)49-32-27-44(57(8,9)10)37-48(49)39-17-12-11-13-18-39/h11-37H,1-10H3. The normalized spacial score (nSPS) is 12.2. The first kappa shape index (κ1) is 41.7. The molecule has 3 nitrogen and oxygen atoms in total. The Balaban J connectivity index is 1.39. The van der Waals surface area contributed by atoms with Crippen LogP contribution in [0.3, 0.4) is 0 Å². The molecular weight excluding hydrogens is 764 g/mol. The van der Waals surface area contributed by atoms with Crippen LogP contribution in [-0.2, 0) is 16.2 Å². The molecule has 0 radical (unpaired) electrons. The molecule has 61 heavy (non-hydrogen) atoms. The number of rotatable bonds is 8. The summed E-state index contributed by atoms with van der Waals surface area (Å²) in [5.74, 6) is 0.814. The second-order valence-electron chi connectivity index (χ2n) is 19.4. The van der Waals surface area contributed by atoms with Crippen molar-refractivity contribution in [1.29, 1.82) is 0 Å². The van der Waals surface area contributed by atoms with E-state index in [0.717, 1.165) is 73.1 Å². The van der Waals surface area contributed by atoms with Gasteiger partial charge in [0.15, 0.2) is 0 Å². The molecule has 0 fully saturated rings. The van der Waals surface area contributed by atoms with Gasteiger partial charge in [0.2, 0.25) is 0 Å². The van der Waals surface area contributed by atoms with E-state index in [1.807, 2.05) is 18.2 Å². The second kappa shape index (κ2) is 16.1. The molecule has 0 N–H and O–H groups in total. The molecule has 8 aromatic rings. The number of halogens is 1. The van der Waals surface area contributed by atoms with Gasteiger partial charge in [-0.3, -0.25) is 0 Å². The minimum absolute atomic E-state index is 0.0161. The Morgan fingerprint density at radius 1 is 0.426 bits per heavy atom. The van der Waals surface area contributed by atoms with Gasteiger partial charge in [0.05, 0.1) is 22.1 Å². The molecule has 0 aliphatic heterocycles. The maximum atomic E-state index is 7.99. The predicted octanol–water partition coefficient (Wildman–Crippen LogP) is 17.6. The molecule has 4 heteroatoms. The highest BCUT2D eigenvalue weighted by atomic mass is 35.5. The van der Waals surface area contributed by atoms with E-state index in [-0.39, 0.29) is 16.2 Å². The average Bonchev–Trinajstić information content (AvgIpc) is 3.67. The van der Waals surface area contributed by atoms with E-state index in [2.05, 4.69) is 225 Å². The van der Waals surface area contributed by atoms with Crippen LogP contribution in [0.4, 0.5) is 34.1 Å². The fraction of sp³-hybridized carbons (Fsp3) is 0.228. The Morgan fingerprint density at radius 3 is 1.52 bits per heavy atom. The number of hydrogen-bond acceptors (Lipinski definition) is 3. The average molecular weight is 822 g/mol. The van der Waals surface area contributed by atoms with E-state index in [1.165, 1.54) is 16.7 Å². The SMILES string of the molecule is Cc1cc(N(c2ccc(C(C)(C)C)cc2)c2ccc(C(C)(C)C)cc2)c(Cl)c(N(c2cccc(-c3cc4ccccc4o3)c2)c2ccc(C(C)(C)C)cc2-c2ccccc2)c1. The third kappa shape index (κ3) is 8.63. The van der Waals surface area contributed by atoms with Crippen LogP contribution in [0, 0.1) is 6.92 Å². The lowest BCUT2D eigenvalue weighted by Gasteiger charge is -2.33. The highest BCUT2D eigenvalue weighted by molar-refractivity contribution is 6.37. The summed E-state index contributed by atoms with van der Waals surface area (Å²) in [5.41, 5.74) is 14.8. The lowest BCUT2D eigenvalue weighted by atomic mass is 9.84. The number of anilines is 6. The summed E-state index contributed by atoms with van der Waals surface area (Å²) in [6.45, 7) is 22.5. The fourth-order valence-electron chi connectivity index (χ4n) is 8.08. The first-order chi connectivity index (χ1) is 29.0. The number of hydrogen-bond donors (Lipinski definition) is 0. The van der Waals surface area contributed by atoms with Crippen LogP contribution in [-0.4, -0.2) is 0 Å². The van der Waals surface area contributed by atoms with Crippen LogP contribution in [0.25, 0.3) is 33.4 Å². The molecular formula is C57H57ClN2O. The Kier molecular flexibility index (Phi) is 11.0. The van der Waals surface area contributed by atoms with Crippen LogP contribution < -0.4 is 9.80 Å². The van der Waals surface area contributed by atoms with Crippen LogP contribution in [0.1, 0.15) is 84.6 Å². The van der Waals surface area contributed by atoms with Crippen molar-refractivity contribution in [1.82, 2.24) is 0 Å². The van der Waals surface area contributed by atoms with Gasteiger partial charge in [0.1, 0.15) is 11.3 Å². The van der Waals surface area contributed by atoms with Crippen molar-refractivity contribution in [3.63, 3.8) is 0 Å². The van der Waals surface area contributed by atoms with Crippen LogP contribution in [0.2, 0.25) is 5.02 Å². The van der Waals surface area contributed by atoms with Gasteiger partial charge in [0.25, 0.3) is 0 Å². The Labute approximate surface area is 368 Å². The molecule has 0 atom stereocenters. The zero-order valence-corrected chi connectivity index (χ0v) is 38.0. The predicted molar refractivity (Wildman–Crippen MR) is 262 cm³/mol. The Hall–Kier alpha value is -6.03. The lowest BCUT2D eigenvalue weighted by molar-refractivity contribution is 0.590. The minimum Gasteiger partial charge on any atom is -0.456 e. The lowest BCUT2D eigenvalue weighted by Crippen LogP contribution is -2.17. The van der Waals surface area contributed by atoms with Gasteiger partial charge in [-0.15, -0.1) is 0 Å². The molecule has 0 saturated heterocycles. The molecule has 0 aliphatic rings. The van der Waals surface area contributed by atoms with Crippen molar-refractivity contribution in [2.45, 2.75) is 85.5 Å². The Morgan fingerprint density at radius 2 is 0.951 bits per heavy atom. The molecule has 0 saturated carbocycles. The molecule has 7 aromatic carbocycles. The zero-order chi connectivity index (χ0) is 43.3. The van der Waals surface area contributed by atoms with Crippen molar-refractivity contribution in [3.8, 4) is 22.5 Å².